The average molecular weight is 258 g/mol. The van der Waals surface area contributed by atoms with Crippen molar-refractivity contribution in [3.05, 3.63) is 48.2 Å². The Morgan fingerprint density at radius 1 is 1.37 bits per heavy atom. The van der Waals surface area contributed by atoms with Gasteiger partial charge in [0.25, 0.3) is 0 Å². The zero-order valence-corrected chi connectivity index (χ0v) is 10.4. The van der Waals surface area contributed by atoms with Crippen LogP contribution in [0.4, 0.5) is 5.82 Å². The molecule has 98 valence electrons. The highest BCUT2D eigenvalue weighted by Gasteiger charge is 2.14. The van der Waals surface area contributed by atoms with Gasteiger partial charge in [0.2, 0.25) is 0 Å². The van der Waals surface area contributed by atoms with Crippen LogP contribution in [-0.4, -0.2) is 33.0 Å². The lowest BCUT2D eigenvalue weighted by Crippen LogP contribution is -2.25. The Balaban J connectivity index is 2.27. The van der Waals surface area contributed by atoms with Crippen LogP contribution in [0.1, 0.15) is 11.3 Å². The van der Waals surface area contributed by atoms with Crippen LogP contribution in [0.2, 0.25) is 0 Å². The largest absolute Gasteiger partial charge is 0.409 e. The molecule has 2 heterocycles. The van der Waals surface area contributed by atoms with Crippen LogP contribution in [0.5, 0.6) is 0 Å². The fraction of sp³-hybridized carbons (Fsp3) is 0.167. The Hall–Kier alpha value is -2.70. The van der Waals surface area contributed by atoms with Crippen LogP contribution >= 0.6 is 0 Å². The minimum atomic E-state index is -0.0684. The molecule has 0 unspecified atom stereocenters. The summed E-state index contributed by atoms with van der Waals surface area (Å²) in [6.07, 6.45) is 6.54. The first-order chi connectivity index (χ1) is 9.22. The minimum absolute atomic E-state index is 0.0684. The molecule has 19 heavy (non-hydrogen) atoms. The molecule has 7 heteroatoms. The Kier molecular flexibility index (Phi) is 3.87. The molecule has 0 amide bonds. The fourth-order valence-corrected chi connectivity index (χ4v) is 1.68. The summed E-state index contributed by atoms with van der Waals surface area (Å²) in [5.41, 5.74) is 6.96. The Morgan fingerprint density at radius 2 is 2.16 bits per heavy atom. The summed E-state index contributed by atoms with van der Waals surface area (Å²) in [7, 11) is 1.85. The first-order valence-corrected chi connectivity index (χ1v) is 5.61. The van der Waals surface area contributed by atoms with E-state index in [1.54, 1.807) is 18.6 Å². The van der Waals surface area contributed by atoms with Gasteiger partial charge in [0.05, 0.1) is 0 Å². The number of anilines is 1. The Bertz CT molecular complexity index is 571. The number of aromatic nitrogens is 3. The van der Waals surface area contributed by atoms with Gasteiger partial charge in [-0.1, -0.05) is 11.2 Å². The van der Waals surface area contributed by atoms with E-state index in [1.807, 2.05) is 24.1 Å². The van der Waals surface area contributed by atoms with Gasteiger partial charge in [-0.3, -0.25) is 4.98 Å². The summed E-state index contributed by atoms with van der Waals surface area (Å²) in [6.45, 7) is 0.595. The monoisotopic (exact) mass is 258 g/mol. The molecular formula is C12H14N6O. The molecule has 0 aliphatic heterocycles. The van der Waals surface area contributed by atoms with E-state index in [9.17, 15) is 0 Å². The second-order valence-electron chi connectivity index (χ2n) is 3.93. The van der Waals surface area contributed by atoms with E-state index in [1.165, 1.54) is 6.20 Å². The molecule has 2 aromatic heterocycles. The third-order valence-corrected chi connectivity index (χ3v) is 2.53. The second kappa shape index (κ2) is 5.76. The van der Waals surface area contributed by atoms with Crippen LogP contribution in [0.3, 0.4) is 0 Å². The number of amidine groups is 1. The van der Waals surface area contributed by atoms with Crippen molar-refractivity contribution < 1.29 is 5.21 Å². The molecule has 0 saturated carbocycles. The Labute approximate surface area is 110 Å². The molecule has 0 radical (unpaired) electrons. The van der Waals surface area contributed by atoms with Crippen LogP contribution in [0.15, 0.2) is 42.1 Å². The number of nitrogens with zero attached hydrogens (tertiary/aromatic N) is 5. The molecule has 2 rings (SSSR count). The van der Waals surface area contributed by atoms with E-state index in [0.29, 0.717) is 18.1 Å². The van der Waals surface area contributed by atoms with Crippen LogP contribution in [-0.2, 0) is 6.54 Å². The number of hydrogen-bond donors (Lipinski definition) is 2. The molecule has 0 bridgehead atoms. The molecular weight excluding hydrogens is 244 g/mol. The van der Waals surface area contributed by atoms with Gasteiger partial charge in [-0.2, -0.15) is 0 Å². The van der Waals surface area contributed by atoms with Crippen molar-refractivity contribution in [1.29, 1.82) is 0 Å². The topological polar surface area (TPSA) is 101 Å². The van der Waals surface area contributed by atoms with Gasteiger partial charge in [-0.05, 0) is 11.6 Å². The number of rotatable bonds is 4. The molecule has 0 saturated heterocycles. The maximum absolute atomic E-state index is 8.75. The van der Waals surface area contributed by atoms with Gasteiger partial charge in [0.1, 0.15) is 0 Å². The Morgan fingerprint density at radius 3 is 2.84 bits per heavy atom. The van der Waals surface area contributed by atoms with Crippen molar-refractivity contribution in [2.24, 2.45) is 10.9 Å². The predicted octanol–water partition coefficient (Wildman–Crippen LogP) is 0.603. The molecule has 3 N–H and O–H groups in total. The molecule has 0 fully saturated rings. The molecule has 0 atom stereocenters. The molecule has 0 aromatic carbocycles. The zero-order valence-electron chi connectivity index (χ0n) is 10.4. The number of nitrogens with two attached hydrogens (primary N) is 1. The van der Waals surface area contributed by atoms with E-state index in [-0.39, 0.29) is 5.84 Å². The lowest BCUT2D eigenvalue weighted by molar-refractivity contribution is 0.318. The standard InChI is InChI=1S/C12H14N6O/c1-18(8-9-3-2-4-14-7-9)12-10(11(13)17-19)15-5-6-16-12/h2-7,19H,8H2,1H3,(H2,13,17). The van der Waals surface area contributed by atoms with Crippen molar-refractivity contribution >= 4 is 11.7 Å². The van der Waals surface area contributed by atoms with Gasteiger partial charge in [-0.25, -0.2) is 9.97 Å². The average Bonchev–Trinajstić information content (AvgIpc) is 2.47. The molecule has 0 spiro atoms. The quantitative estimate of drug-likeness (QED) is 0.360. The fourth-order valence-electron chi connectivity index (χ4n) is 1.68. The normalized spacial score (nSPS) is 11.3. The maximum Gasteiger partial charge on any atom is 0.192 e. The van der Waals surface area contributed by atoms with E-state index in [4.69, 9.17) is 10.9 Å². The summed E-state index contributed by atoms with van der Waals surface area (Å²) >= 11 is 0. The highest BCUT2D eigenvalue weighted by atomic mass is 16.4. The number of pyridine rings is 1. The molecule has 0 aliphatic rings. The third-order valence-electron chi connectivity index (χ3n) is 2.53. The van der Waals surface area contributed by atoms with Crippen molar-refractivity contribution in [1.82, 2.24) is 15.0 Å². The van der Waals surface area contributed by atoms with Crippen LogP contribution in [0, 0.1) is 0 Å². The van der Waals surface area contributed by atoms with Gasteiger partial charge in [0, 0.05) is 38.4 Å². The zero-order chi connectivity index (χ0) is 13.7. The summed E-state index contributed by atoms with van der Waals surface area (Å²) < 4.78 is 0. The van der Waals surface area contributed by atoms with Crippen molar-refractivity contribution in [3.63, 3.8) is 0 Å². The van der Waals surface area contributed by atoms with Gasteiger partial charge >= 0.3 is 0 Å². The number of hydrogen-bond acceptors (Lipinski definition) is 6. The van der Waals surface area contributed by atoms with Crippen molar-refractivity contribution in [2.75, 3.05) is 11.9 Å². The minimum Gasteiger partial charge on any atom is -0.409 e. The van der Waals surface area contributed by atoms with Gasteiger partial charge in [-0.15, -0.1) is 0 Å². The van der Waals surface area contributed by atoms with Crippen molar-refractivity contribution in [2.45, 2.75) is 6.54 Å². The highest BCUT2D eigenvalue weighted by Crippen LogP contribution is 2.15. The van der Waals surface area contributed by atoms with Crippen LogP contribution < -0.4 is 10.6 Å². The lowest BCUT2D eigenvalue weighted by Gasteiger charge is -2.19. The molecule has 7 nitrogen and oxygen atoms in total. The SMILES string of the molecule is CN(Cc1cccnc1)c1nccnc1C(N)=NO. The maximum atomic E-state index is 8.75. The smallest absolute Gasteiger partial charge is 0.192 e. The summed E-state index contributed by atoms with van der Waals surface area (Å²) in [6, 6.07) is 3.83. The summed E-state index contributed by atoms with van der Waals surface area (Å²) in [5, 5.41) is 11.7. The van der Waals surface area contributed by atoms with Gasteiger partial charge < -0.3 is 15.8 Å². The van der Waals surface area contributed by atoms with E-state index < -0.39 is 0 Å². The van der Waals surface area contributed by atoms with Crippen molar-refractivity contribution in [3.8, 4) is 0 Å². The van der Waals surface area contributed by atoms with E-state index in [0.717, 1.165) is 5.56 Å². The summed E-state index contributed by atoms with van der Waals surface area (Å²) in [5.74, 6) is 0.475. The first-order valence-electron chi connectivity index (χ1n) is 5.61. The molecule has 2 aromatic rings. The van der Waals surface area contributed by atoms with E-state index >= 15 is 0 Å². The predicted molar refractivity (Wildman–Crippen MR) is 70.9 cm³/mol. The third kappa shape index (κ3) is 2.95. The summed E-state index contributed by atoms with van der Waals surface area (Å²) in [4.78, 5) is 14.2. The lowest BCUT2D eigenvalue weighted by atomic mass is 10.2. The molecule has 0 aliphatic carbocycles. The van der Waals surface area contributed by atoms with Crippen LogP contribution in [0.25, 0.3) is 0 Å². The van der Waals surface area contributed by atoms with Gasteiger partial charge in [0.15, 0.2) is 17.3 Å². The second-order valence-corrected chi connectivity index (χ2v) is 3.93. The van der Waals surface area contributed by atoms with E-state index in [2.05, 4.69) is 20.1 Å². The number of oxime groups is 1. The first kappa shape index (κ1) is 12.7. The highest BCUT2D eigenvalue weighted by molar-refractivity contribution is 5.99.